The molecule has 0 saturated heterocycles. The van der Waals surface area contributed by atoms with Gasteiger partial charge < -0.3 is 9.80 Å². The molecule has 0 saturated carbocycles. The molecule has 2 aromatic heterocycles. The van der Waals surface area contributed by atoms with Gasteiger partial charge in [-0.25, -0.2) is 5.84 Å². The van der Waals surface area contributed by atoms with Crippen LogP contribution in [0.1, 0.15) is 13.3 Å². The van der Waals surface area contributed by atoms with E-state index < -0.39 is 0 Å². The number of aromatic nitrogens is 4. The van der Waals surface area contributed by atoms with Crippen LogP contribution in [0.5, 0.6) is 0 Å². The quantitative estimate of drug-likeness (QED) is 0.498. The van der Waals surface area contributed by atoms with Gasteiger partial charge in [-0.3, -0.25) is 10.5 Å². The second kappa shape index (κ2) is 6.49. The smallest absolute Gasteiger partial charge is 0.241 e. The Bertz CT molecular complexity index is 549. The van der Waals surface area contributed by atoms with Crippen molar-refractivity contribution in [1.29, 1.82) is 0 Å². The number of nitrogens with two attached hydrogens (primary N) is 1. The number of likely N-dealkylation sites (N-methyl/N-ethyl adjacent to an activating group) is 1. The molecule has 0 fully saturated rings. The van der Waals surface area contributed by atoms with Crippen molar-refractivity contribution in [1.82, 2.24) is 25.1 Å². The number of rotatable bonds is 7. The number of nitrogen functional groups attached to an aromatic ring is 1. The van der Waals surface area contributed by atoms with Crippen LogP contribution in [0.3, 0.4) is 0 Å². The molecule has 20 heavy (non-hydrogen) atoms. The average Bonchev–Trinajstić information content (AvgIpc) is 2.90. The second-order valence-electron chi connectivity index (χ2n) is 4.94. The van der Waals surface area contributed by atoms with Crippen LogP contribution in [0.4, 0.5) is 11.8 Å². The summed E-state index contributed by atoms with van der Waals surface area (Å²) >= 11 is 0. The van der Waals surface area contributed by atoms with Crippen LogP contribution >= 0.6 is 0 Å². The fourth-order valence-electron chi connectivity index (χ4n) is 2.04. The number of nitrogens with one attached hydrogen (secondary N) is 2. The van der Waals surface area contributed by atoms with E-state index in [2.05, 4.69) is 56.4 Å². The number of hydrogen-bond acceptors (Lipinski definition) is 7. The first-order valence-electron chi connectivity index (χ1n) is 6.73. The molecular formula is C12H22N8. The van der Waals surface area contributed by atoms with Gasteiger partial charge >= 0.3 is 0 Å². The molecule has 0 radical (unpaired) electrons. The molecule has 0 bridgehead atoms. The Morgan fingerprint density at radius 1 is 1.25 bits per heavy atom. The number of aromatic amines is 1. The van der Waals surface area contributed by atoms with Gasteiger partial charge in [0.25, 0.3) is 0 Å². The maximum Gasteiger partial charge on any atom is 0.241 e. The van der Waals surface area contributed by atoms with Crippen molar-refractivity contribution < 1.29 is 0 Å². The van der Waals surface area contributed by atoms with Crippen LogP contribution in [0.25, 0.3) is 11.0 Å². The molecule has 0 unspecified atom stereocenters. The number of anilines is 2. The molecule has 4 N–H and O–H groups in total. The Labute approximate surface area is 118 Å². The lowest BCUT2D eigenvalue weighted by Crippen LogP contribution is -2.33. The molecule has 8 nitrogen and oxygen atoms in total. The summed E-state index contributed by atoms with van der Waals surface area (Å²) in [5.41, 5.74) is 3.19. The fourth-order valence-corrected chi connectivity index (χ4v) is 2.04. The Hall–Kier alpha value is -1.93. The molecule has 0 atom stereocenters. The van der Waals surface area contributed by atoms with Crippen LogP contribution in [-0.4, -0.2) is 58.8 Å². The Morgan fingerprint density at radius 3 is 2.70 bits per heavy atom. The van der Waals surface area contributed by atoms with Crippen molar-refractivity contribution in [3.05, 3.63) is 6.20 Å². The van der Waals surface area contributed by atoms with Crippen LogP contribution in [-0.2, 0) is 0 Å². The van der Waals surface area contributed by atoms with Gasteiger partial charge in [-0.1, -0.05) is 6.92 Å². The van der Waals surface area contributed by atoms with Crippen LogP contribution < -0.4 is 16.2 Å². The predicted molar refractivity (Wildman–Crippen MR) is 80.6 cm³/mol. The Morgan fingerprint density at radius 2 is 2.05 bits per heavy atom. The minimum absolute atomic E-state index is 0.391. The molecule has 2 aromatic rings. The topological polar surface area (TPSA) is 99.0 Å². The molecule has 0 aliphatic carbocycles. The van der Waals surface area contributed by atoms with Crippen molar-refractivity contribution in [2.45, 2.75) is 13.3 Å². The van der Waals surface area contributed by atoms with Gasteiger partial charge in [-0.05, 0) is 20.5 Å². The molecular weight excluding hydrogens is 256 g/mol. The SMILES string of the molecule is CCCN(CCN(C)C)c1nc(NN)nc2[nH]ncc12. The highest BCUT2D eigenvalue weighted by Crippen LogP contribution is 2.23. The monoisotopic (exact) mass is 278 g/mol. The van der Waals surface area contributed by atoms with Crippen LogP contribution in [0.15, 0.2) is 6.20 Å². The van der Waals surface area contributed by atoms with E-state index in [0.29, 0.717) is 11.6 Å². The first kappa shape index (κ1) is 14.5. The summed E-state index contributed by atoms with van der Waals surface area (Å²) in [6.45, 7) is 4.92. The summed E-state index contributed by atoms with van der Waals surface area (Å²) < 4.78 is 0. The summed E-state index contributed by atoms with van der Waals surface area (Å²) in [7, 11) is 4.12. The lowest BCUT2D eigenvalue weighted by atomic mass is 10.3. The van der Waals surface area contributed by atoms with Crippen molar-refractivity contribution >= 4 is 22.8 Å². The van der Waals surface area contributed by atoms with Gasteiger partial charge in [0.15, 0.2) is 5.65 Å². The Kier molecular flexibility index (Phi) is 4.70. The molecule has 110 valence electrons. The number of hydrogen-bond donors (Lipinski definition) is 3. The molecule has 0 aromatic carbocycles. The minimum Gasteiger partial charge on any atom is -0.355 e. The van der Waals surface area contributed by atoms with E-state index in [0.717, 1.165) is 37.3 Å². The maximum absolute atomic E-state index is 5.44. The first-order valence-corrected chi connectivity index (χ1v) is 6.73. The van der Waals surface area contributed by atoms with E-state index in [1.165, 1.54) is 0 Å². The second-order valence-corrected chi connectivity index (χ2v) is 4.94. The minimum atomic E-state index is 0.391. The summed E-state index contributed by atoms with van der Waals surface area (Å²) in [5, 5.41) is 7.82. The highest BCUT2D eigenvalue weighted by atomic mass is 15.3. The lowest BCUT2D eigenvalue weighted by Gasteiger charge is -2.25. The number of fused-ring (bicyclic) bond motifs is 1. The molecule has 0 amide bonds. The average molecular weight is 278 g/mol. The molecule has 0 spiro atoms. The molecule has 2 heterocycles. The van der Waals surface area contributed by atoms with Gasteiger partial charge in [0, 0.05) is 19.6 Å². The van der Waals surface area contributed by atoms with Gasteiger partial charge in [-0.15, -0.1) is 0 Å². The number of nitrogens with zero attached hydrogens (tertiary/aromatic N) is 5. The highest BCUT2D eigenvalue weighted by molar-refractivity contribution is 5.87. The van der Waals surface area contributed by atoms with Crippen molar-refractivity contribution in [3.63, 3.8) is 0 Å². The summed E-state index contributed by atoms with van der Waals surface area (Å²) in [6.07, 6.45) is 2.80. The van der Waals surface area contributed by atoms with Crippen molar-refractivity contribution in [2.24, 2.45) is 5.84 Å². The van der Waals surface area contributed by atoms with E-state index in [1.807, 2.05) is 0 Å². The third kappa shape index (κ3) is 3.14. The number of H-pyrrole nitrogens is 1. The molecule has 0 aliphatic rings. The summed E-state index contributed by atoms with van der Waals surface area (Å²) in [6, 6.07) is 0. The zero-order chi connectivity index (χ0) is 14.5. The number of hydrazine groups is 1. The van der Waals surface area contributed by atoms with Gasteiger partial charge in [0.1, 0.15) is 5.82 Å². The highest BCUT2D eigenvalue weighted by Gasteiger charge is 2.15. The van der Waals surface area contributed by atoms with Crippen molar-refractivity contribution in [3.8, 4) is 0 Å². The standard InChI is InChI=1S/C12H22N8/c1-4-5-20(7-6-19(2)3)11-9-8-14-18-10(9)15-12(16-11)17-13/h8H,4-7,13H2,1-3H3,(H2,14,15,16,17,18). The summed E-state index contributed by atoms with van der Waals surface area (Å²) in [5.74, 6) is 6.69. The normalized spacial score (nSPS) is 11.2. The largest absolute Gasteiger partial charge is 0.355 e. The molecule has 0 aliphatic heterocycles. The lowest BCUT2D eigenvalue weighted by molar-refractivity contribution is 0.412. The van der Waals surface area contributed by atoms with Crippen LogP contribution in [0.2, 0.25) is 0 Å². The molecule has 8 heteroatoms. The summed E-state index contributed by atoms with van der Waals surface area (Å²) in [4.78, 5) is 13.1. The van der Waals surface area contributed by atoms with Gasteiger partial charge in [-0.2, -0.15) is 15.1 Å². The van der Waals surface area contributed by atoms with E-state index in [9.17, 15) is 0 Å². The Balaban J connectivity index is 2.37. The van der Waals surface area contributed by atoms with E-state index in [4.69, 9.17) is 5.84 Å². The first-order chi connectivity index (χ1) is 9.65. The maximum atomic E-state index is 5.44. The fraction of sp³-hybridized carbons (Fsp3) is 0.583. The third-order valence-electron chi connectivity index (χ3n) is 3.03. The zero-order valence-corrected chi connectivity index (χ0v) is 12.2. The van der Waals surface area contributed by atoms with Crippen LogP contribution in [0, 0.1) is 0 Å². The van der Waals surface area contributed by atoms with E-state index in [1.54, 1.807) is 6.20 Å². The zero-order valence-electron chi connectivity index (χ0n) is 12.2. The predicted octanol–water partition coefficient (Wildman–Crippen LogP) is 0.417. The van der Waals surface area contributed by atoms with E-state index >= 15 is 0 Å². The third-order valence-corrected chi connectivity index (χ3v) is 3.03. The van der Waals surface area contributed by atoms with Crippen molar-refractivity contribution in [2.75, 3.05) is 44.1 Å². The molecule has 2 rings (SSSR count). The van der Waals surface area contributed by atoms with E-state index in [-0.39, 0.29) is 0 Å². The van der Waals surface area contributed by atoms with Gasteiger partial charge in [0.05, 0.1) is 11.6 Å². The van der Waals surface area contributed by atoms with Gasteiger partial charge in [0.2, 0.25) is 5.95 Å².